The molecule has 0 saturated carbocycles. The first kappa shape index (κ1) is 15.9. The molecule has 2 aromatic rings. The molecule has 0 aliphatic carbocycles. The number of rotatable bonds is 5. The van der Waals surface area contributed by atoms with E-state index in [4.69, 9.17) is 0 Å². The highest BCUT2D eigenvalue weighted by Gasteiger charge is 2.19. The lowest BCUT2D eigenvalue weighted by molar-refractivity contribution is 0.452. The van der Waals surface area contributed by atoms with E-state index in [2.05, 4.69) is 47.9 Å². The summed E-state index contributed by atoms with van der Waals surface area (Å²) in [5.74, 6) is 3.27. The normalized spacial score (nSPS) is 15.8. The Kier molecular flexibility index (Phi) is 4.85. The number of hydrogen-bond acceptors (Lipinski definition) is 6. The van der Waals surface area contributed by atoms with Gasteiger partial charge in [-0.2, -0.15) is 0 Å². The predicted octanol–water partition coefficient (Wildman–Crippen LogP) is 1.50. The quantitative estimate of drug-likeness (QED) is 0.901. The van der Waals surface area contributed by atoms with E-state index in [9.17, 15) is 0 Å². The number of piperidine rings is 1. The van der Waals surface area contributed by atoms with Crippen molar-refractivity contribution in [2.75, 3.05) is 25.0 Å². The molecule has 3 heterocycles. The zero-order valence-corrected chi connectivity index (χ0v) is 14.2. The Morgan fingerprint density at radius 1 is 1.30 bits per heavy atom. The minimum Gasteiger partial charge on any atom is -0.352 e. The molecule has 0 spiro atoms. The molecule has 0 unspecified atom stereocenters. The van der Waals surface area contributed by atoms with E-state index in [0.29, 0.717) is 12.5 Å². The van der Waals surface area contributed by atoms with Gasteiger partial charge in [0.05, 0.1) is 6.54 Å². The molecule has 0 aromatic carbocycles. The molecule has 1 fully saturated rings. The summed E-state index contributed by atoms with van der Waals surface area (Å²) in [4.78, 5) is 11.4. The van der Waals surface area contributed by atoms with E-state index in [1.165, 1.54) is 0 Å². The van der Waals surface area contributed by atoms with Crippen molar-refractivity contribution in [2.24, 2.45) is 0 Å². The van der Waals surface area contributed by atoms with Crippen LogP contribution in [0.2, 0.25) is 0 Å². The van der Waals surface area contributed by atoms with Crippen LogP contribution < -0.4 is 10.2 Å². The lowest BCUT2D eigenvalue weighted by Crippen LogP contribution is -2.27. The van der Waals surface area contributed by atoms with Crippen LogP contribution in [0.5, 0.6) is 0 Å². The Morgan fingerprint density at radius 2 is 2.09 bits per heavy atom. The first-order chi connectivity index (χ1) is 11.2. The summed E-state index contributed by atoms with van der Waals surface area (Å²) in [5.41, 5.74) is 1.16. The molecule has 0 bridgehead atoms. The first-order valence-corrected chi connectivity index (χ1v) is 8.31. The SMILES string of the molecule is CCn1cnnc1CN(C)c1cc(C2CCNCC2)nc(C)n1. The van der Waals surface area contributed by atoms with E-state index in [1.807, 2.05) is 14.0 Å². The van der Waals surface area contributed by atoms with Gasteiger partial charge in [-0.3, -0.25) is 0 Å². The van der Waals surface area contributed by atoms with Crippen molar-refractivity contribution in [2.45, 2.75) is 45.7 Å². The predicted molar refractivity (Wildman–Crippen MR) is 89.4 cm³/mol. The lowest BCUT2D eigenvalue weighted by Gasteiger charge is -2.24. The van der Waals surface area contributed by atoms with Gasteiger partial charge in [0, 0.05) is 31.3 Å². The summed E-state index contributed by atoms with van der Waals surface area (Å²) in [7, 11) is 2.04. The van der Waals surface area contributed by atoms with Gasteiger partial charge in [-0.05, 0) is 39.8 Å². The number of aryl methyl sites for hydroxylation is 2. The minimum absolute atomic E-state index is 0.532. The molecular weight excluding hydrogens is 290 g/mol. The van der Waals surface area contributed by atoms with Gasteiger partial charge in [0.15, 0.2) is 5.82 Å². The van der Waals surface area contributed by atoms with Crippen LogP contribution in [-0.2, 0) is 13.1 Å². The highest BCUT2D eigenvalue weighted by atomic mass is 15.3. The van der Waals surface area contributed by atoms with E-state index in [0.717, 1.165) is 55.6 Å². The number of anilines is 1. The Bertz CT molecular complexity index is 646. The molecule has 3 rings (SSSR count). The lowest BCUT2D eigenvalue weighted by atomic mass is 9.94. The van der Waals surface area contributed by atoms with Gasteiger partial charge in [0.2, 0.25) is 0 Å². The van der Waals surface area contributed by atoms with Crippen molar-refractivity contribution in [1.82, 2.24) is 30.0 Å². The molecule has 1 aliphatic rings. The van der Waals surface area contributed by atoms with E-state index < -0.39 is 0 Å². The summed E-state index contributed by atoms with van der Waals surface area (Å²) in [6.45, 7) is 7.76. The monoisotopic (exact) mass is 315 g/mol. The zero-order valence-electron chi connectivity index (χ0n) is 14.2. The molecule has 1 aliphatic heterocycles. The average molecular weight is 315 g/mol. The number of aromatic nitrogens is 5. The summed E-state index contributed by atoms with van der Waals surface area (Å²) >= 11 is 0. The molecule has 1 N–H and O–H groups in total. The number of nitrogens with zero attached hydrogens (tertiary/aromatic N) is 6. The van der Waals surface area contributed by atoms with Gasteiger partial charge in [0.25, 0.3) is 0 Å². The van der Waals surface area contributed by atoms with Crippen LogP contribution in [0.1, 0.15) is 43.0 Å². The molecule has 1 saturated heterocycles. The summed E-state index contributed by atoms with van der Waals surface area (Å²) in [5, 5.41) is 11.6. The maximum atomic E-state index is 4.67. The summed E-state index contributed by atoms with van der Waals surface area (Å²) in [6.07, 6.45) is 4.06. The molecule has 2 aromatic heterocycles. The van der Waals surface area contributed by atoms with Crippen molar-refractivity contribution in [3.05, 3.63) is 29.7 Å². The third-order valence-corrected chi connectivity index (χ3v) is 4.41. The second-order valence-electron chi connectivity index (χ2n) is 6.11. The van der Waals surface area contributed by atoms with E-state index in [-0.39, 0.29) is 0 Å². The van der Waals surface area contributed by atoms with Crippen LogP contribution in [0.25, 0.3) is 0 Å². The molecule has 0 atom stereocenters. The maximum Gasteiger partial charge on any atom is 0.152 e. The van der Waals surface area contributed by atoms with Crippen molar-refractivity contribution in [3.63, 3.8) is 0 Å². The van der Waals surface area contributed by atoms with Crippen LogP contribution in [0, 0.1) is 6.92 Å². The van der Waals surface area contributed by atoms with Crippen molar-refractivity contribution in [3.8, 4) is 0 Å². The average Bonchev–Trinajstić information content (AvgIpc) is 3.02. The summed E-state index contributed by atoms with van der Waals surface area (Å²) in [6, 6.07) is 2.13. The smallest absolute Gasteiger partial charge is 0.152 e. The highest BCUT2D eigenvalue weighted by Crippen LogP contribution is 2.26. The fraction of sp³-hybridized carbons (Fsp3) is 0.625. The molecule has 7 heteroatoms. The van der Waals surface area contributed by atoms with Gasteiger partial charge in [0.1, 0.15) is 18.0 Å². The van der Waals surface area contributed by atoms with Crippen molar-refractivity contribution >= 4 is 5.82 Å². The molecular formula is C16H25N7. The minimum atomic E-state index is 0.532. The second-order valence-corrected chi connectivity index (χ2v) is 6.11. The molecule has 0 radical (unpaired) electrons. The zero-order chi connectivity index (χ0) is 16.2. The van der Waals surface area contributed by atoms with Gasteiger partial charge in [-0.25, -0.2) is 9.97 Å². The fourth-order valence-corrected chi connectivity index (χ4v) is 3.06. The third-order valence-electron chi connectivity index (χ3n) is 4.41. The first-order valence-electron chi connectivity index (χ1n) is 8.31. The van der Waals surface area contributed by atoms with Crippen LogP contribution in [0.4, 0.5) is 5.82 Å². The number of hydrogen-bond donors (Lipinski definition) is 1. The van der Waals surface area contributed by atoms with Gasteiger partial charge < -0.3 is 14.8 Å². The molecule has 23 heavy (non-hydrogen) atoms. The summed E-state index contributed by atoms with van der Waals surface area (Å²) < 4.78 is 2.05. The second kappa shape index (κ2) is 7.04. The molecule has 0 amide bonds. The van der Waals surface area contributed by atoms with Crippen molar-refractivity contribution < 1.29 is 0 Å². The molecule has 124 valence electrons. The van der Waals surface area contributed by atoms with Gasteiger partial charge in [-0.1, -0.05) is 0 Å². The van der Waals surface area contributed by atoms with E-state index >= 15 is 0 Å². The van der Waals surface area contributed by atoms with Crippen molar-refractivity contribution in [1.29, 1.82) is 0 Å². The Hall–Kier alpha value is -2.02. The van der Waals surface area contributed by atoms with Crippen LogP contribution in [0.15, 0.2) is 12.4 Å². The van der Waals surface area contributed by atoms with Crippen LogP contribution >= 0.6 is 0 Å². The van der Waals surface area contributed by atoms with E-state index in [1.54, 1.807) is 6.33 Å². The number of nitrogens with one attached hydrogen (secondary N) is 1. The van der Waals surface area contributed by atoms with Gasteiger partial charge in [-0.15, -0.1) is 10.2 Å². The third kappa shape index (κ3) is 3.67. The van der Waals surface area contributed by atoms with Crippen LogP contribution in [-0.4, -0.2) is 44.9 Å². The Labute approximate surface area is 137 Å². The Morgan fingerprint density at radius 3 is 2.83 bits per heavy atom. The Balaban J connectivity index is 1.79. The topological polar surface area (TPSA) is 71.8 Å². The molecule has 7 nitrogen and oxygen atoms in total. The largest absolute Gasteiger partial charge is 0.352 e. The standard InChI is InChI=1S/C16H25N7/c1-4-23-11-18-21-16(23)10-22(3)15-9-14(19-12(2)20-15)13-5-7-17-8-6-13/h9,11,13,17H,4-8,10H2,1-3H3. The van der Waals surface area contributed by atoms with Gasteiger partial charge >= 0.3 is 0 Å². The fourth-order valence-electron chi connectivity index (χ4n) is 3.06. The highest BCUT2D eigenvalue weighted by molar-refractivity contribution is 5.40. The van der Waals surface area contributed by atoms with Crippen LogP contribution in [0.3, 0.4) is 0 Å². The maximum absolute atomic E-state index is 4.67.